The molecule has 20 heavy (non-hydrogen) atoms. The van der Waals surface area contributed by atoms with E-state index < -0.39 is 5.97 Å². The van der Waals surface area contributed by atoms with E-state index in [-0.39, 0.29) is 5.91 Å². The van der Waals surface area contributed by atoms with Crippen LogP contribution >= 0.6 is 22.7 Å². The smallest absolute Gasteiger partial charge is 0.345 e. The van der Waals surface area contributed by atoms with Crippen LogP contribution in [0.2, 0.25) is 0 Å². The number of aromatic carboxylic acids is 1. The number of aryl methyl sites for hydroxylation is 2. The normalized spacial score (nSPS) is 13.2. The first kappa shape index (κ1) is 13.3. The Balaban J connectivity index is 1.62. The fourth-order valence-corrected chi connectivity index (χ4v) is 4.24. The van der Waals surface area contributed by atoms with Crippen molar-refractivity contribution in [3.05, 3.63) is 43.3 Å². The number of nitrogens with one attached hydrogen (secondary N) is 1. The van der Waals surface area contributed by atoms with Gasteiger partial charge in [-0.25, -0.2) is 4.79 Å². The molecular weight excluding hydrogens is 294 g/mol. The van der Waals surface area contributed by atoms with Gasteiger partial charge in [0.05, 0.1) is 11.4 Å². The number of carboxylic acid groups (broad SMARTS) is 1. The predicted octanol–water partition coefficient (Wildman–Crippen LogP) is 2.93. The monoisotopic (exact) mass is 307 g/mol. The molecule has 0 aromatic carbocycles. The molecule has 104 valence electrons. The van der Waals surface area contributed by atoms with E-state index in [2.05, 4.69) is 5.32 Å². The maximum atomic E-state index is 12.1. The van der Waals surface area contributed by atoms with Crippen molar-refractivity contribution in [1.82, 2.24) is 5.32 Å². The highest BCUT2D eigenvalue weighted by molar-refractivity contribution is 7.14. The van der Waals surface area contributed by atoms with E-state index in [1.54, 1.807) is 23.5 Å². The Kier molecular flexibility index (Phi) is 3.58. The van der Waals surface area contributed by atoms with Crippen molar-refractivity contribution in [3.8, 4) is 0 Å². The Morgan fingerprint density at radius 1 is 1.20 bits per heavy atom. The largest absolute Gasteiger partial charge is 0.477 e. The van der Waals surface area contributed by atoms with E-state index in [0.717, 1.165) is 22.6 Å². The highest BCUT2D eigenvalue weighted by Crippen LogP contribution is 2.30. The Hall–Kier alpha value is -1.66. The Morgan fingerprint density at radius 2 is 2.05 bits per heavy atom. The maximum Gasteiger partial charge on any atom is 0.345 e. The second kappa shape index (κ2) is 5.38. The fraction of sp³-hybridized carbons (Fsp3) is 0.286. The molecule has 0 fully saturated rings. The lowest BCUT2D eigenvalue weighted by molar-refractivity contribution is 0.0702. The molecule has 1 aliphatic rings. The molecule has 1 aliphatic carbocycles. The first-order valence-electron chi connectivity index (χ1n) is 6.35. The van der Waals surface area contributed by atoms with E-state index in [9.17, 15) is 9.59 Å². The molecule has 2 aromatic heterocycles. The van der Waals surface area contributed by atoms with Crippen molar-refractivity contribution in [3.63, 3.8) is 0 Å². The van der Waals surface area contributed by atoms with Gasteiger partial charge in [-0.1, -0.05) is 0 Å². The molecule has 0 atom stereocenters. The SMILES string of the molecule is O=C(O)c1ccc(CNC(=O)c2cc3c(s2)CCC3)s1. The van der Waals surface area contributed by atoms with Crippen LogP contribution in [-0.4, -0.2) is 17.0 Å². The number of carbonyl (C=O) groups excluding carboxylic acids is 1. The quantitative estimate of drug-likeness (QED) is 0.912. The van der Waals surface area contributed by atoms with Crippen molar-refractivity contribution < 1.29 is 14.7 Å². The number of amides is 1. The molecule has 0 bridgehead atoms. The van der Waals surface area contributed by atoms with E-state index in [1.807, 2.05) is 6.07 Å². The fourth-order valence-electron chi connectivity index (χ4n) is 2.28. The molecule has 2 heterocycles. The van der Waals surface area contributed by atoms with Gasteiger partial charge >= 0.3 is 5.97 Å². The molecule has 0 unspecified atom stereocenters. The maximum absolute atomic E-state index is 12.1. The lowest BCUT2D eigenvalue weighted by Crippen LogP contribution is -2.21. The summed E-state index contributed by atoms with van der Waals surface area (Å²) in [7, 11) is 0. The zero-order chi connectivity index (χ0) is 14.1. The second-order valence-electron chi connectivity index (χ2n) is 4.67. The number of carbonyl (C=O) groups is 2. The number of carboxylic acids is 1. The van der Waals surface area contributed by atoms with Crippen LogP contribution < -0.4 is 5.32 Å². The topological polar surface area (TPSA) is 66.4 Å². The van der Waals surface area contributed by atoms with Crippen molar-refractivity contribution >= 4 is 34.6 Å². The summed E-state index contributed by atoms with van der Waals surface area (Å²) in [5.41, 5.74) is 1.31. The third-order valence-electron chi connectivity index (χ3n) is 3.27. The summed E-state index contributed by atoms with van der Waals surface area (Å²) in [6, 6.07) is 5.29. The minimum Gasteiger partial charge on any atom is -0.477 e. The van der Waals surface area contributed by atoms with Crippen LogP contribution in [0, 0.1) is 0 Å². The van der Waals surface area contributed by atoms with Gasteiger partial charge in [-0.05, 0) is 43.0 Å². The van der Waals surface area contributed by atoms with Gasteiger partial charge in [0.2, 0.25) is 0 Å². The number of hydrogen-bond donors (Lipinski definition) is 2. The molecule has 2 N–H and O–H groups in total. The van der Waals surface area contributed by atoms with Crippen molar-refractivity contribution in [1.29, 1.82) is 0 Å². The van der Waals surface area contributed by atoms with Crippen LogP contribution in [0.4, 0.5) is 0 Å². The van der Waals surface area contributed by atoms with E-state index in [0.29, 0.717) is 11.4 Å². The van der Waals surface area contributed by atoms with Gasteiger partial charge in [0, 0.05) is 9.75 Å². The molecule has 6 heteroatoms. The Morgan fingerprint density at radius 3 is 2.75 bits per heavy atom. The summed E-state index contributed by atoms with van der Waals surface area (Å²) in [4.78, 5) is 26.1. The molecule has 0 saturated carbocycles. The van der Waals surface area contributed by atoms with E-state index in [1.165, 1.54) is 28.2 Å². The zero-order valence-electron chi connectivity index (χ0n) is 10.6. The third-order valence-corrected chi connectivity index (χ3v) is 5.58. The van der Waals surface area contributed by atoms with Crippen LogP contribution in [0.15, 0.2) is 18.2 Å². The zero-order valence-corrected chi connectivity index (χ0v) is 12.3. The molecular formula is C14H13NO3S2. The van der Waals surface area contributed by atoms with Gasteiger partial charge in [-0.2, -0.15) is 0 Å². The molecule has 4 nitrogen and oxygen atoms in total. The lowest BCUT2D eigenvalue weighted by atomic mass is 10.2. The van der Waals surface area contributed by atoms with Crippen LogP contribution in [0.25, 0.3) is 0 Å². The average Bonchev–Trinajstić information content (AvgIpc) is 3.10. The van der Waals surface area contributed by atoms with Crippen molar-refractivity contribution in [2.75, 3.05) is 0 Å². The summed E-state index contributed by atoms with van der Waals surface area (Å²) < 4.78 is 0. The van der Waals surface area contributed by atoms with Gasteiger partial charge in [0.1, 0.15) is 4.88 Å². The third kappa shape index (κ3) is 2.62. The Bertz CT molecular complexity index is 650. The highest BCUT2D eigenvalue weighted by atomic mass is 32.1. The summed E-state index contributed by atoms with van der Waals surface area (Å²) in [6.45, 7) is 0.374. The molecule has 0 radical (unpaired) electrons. The number of thiophene rings is 2. The minimum absolute atomic E-state index is 0.0744. The first-order valence-corrected chi connectivity index (χ1v) is 7.98. The summed E-state index contributed by atoms with van der Waals surface area (Å²) >= 11 is 2.76. The molecule has 0 saturated heterocycles. The number of rotatable bonds is 4. The van der Waals surface area contributed by atoms with Crippen LogP contribution in [0.3, 0.4) is 0 Å². The van der Waals surface area contributed by atoms with Crippen LogP contribution in [0.1, 0.15) is 41.1 Å². The summed E-state index contributed by atoms with van der Waals surface area (Å²) in [6.07, 6.45) is 3.35. The molecule has 3 rings (SSSR count). The van der Waals surface area contributed by atoms with E-state index >= 15 is 0 Å². The van der Waals surface area contributed by atoms with Gasteiger partial charge < -0.3 is 10.4 Å². The van der Waals surface area contributed by atoms with Gasteiger partial charge in [-0.15, -0.1) is 22.7 Å². The standard InChI is InChI=1S/C14H13NO3S2/c16-13(12-6-8-2-1-3-10(8)20-12)15-7-9-4-5-11(19-9)14(17)18/h4-6H,1-3,7H2,(H,15,16)(H,17,18). The summed E-state index contributed by atoms with van der Waals surface area (Å²) in [5.74, 6) is -1.00. The highest BCUT2D eigenvalue weighted by Gasteiger charge is 2.18. The average molecular weight is 307 g/mol. The minimum atomic E-state index is -0.928. The van der Waals surface area contributed by atoms with Gasteiger partial charge in [0.25, 0.3) is 5.91 Å². The number of fused-ring (bicyclic) bond motifs is 1. The van der Waals surface area contributed by atoms with Gasteiger partial charge in [-0.3, -0.25) is 4.79 Å². The number of hydrogen-bond acceptors (Lipinski definition) is 4. The van der Waals surface area contributed by atoms with Gasteiger partial charge in [0.15, 0.2) is 0 Å². The van der Waals surface area contributed by atoms with Crippen molar-refractivity contribution in [2.45, 2.75) is 25.8 Å². The molecule has 1 amide bonds. The van der Waals surface area contributed by atoms with Crippen molar-refractivity contribution in [2.24, 2.45) is 0 Å². The second-order valence-corrected chi connectivity index (χ2v) is 6.97. The molecule has 0 spiro atoms. The first-order chi connectivity index (χ1) is 9.63. The molecule has 2 aromatic rings. The van der Waals surface area contributed by atoms with Crippen LogP contribution in [-0.2, 0) is 19.4 Å². The predicted molar refractivity (Wildman–Crippen MR) is 78.8 cm³/mol. The Labute approximate surface area is 124 Å². The molecule has 0 aliphatic heterocycles. The lowest BCUT2D eigenvalue weighted by Gasteiger charge is -2.01. The van der Waals surface area contributed by atoms with E-state index in [4.69, 9.17) is 5.11 Å². The van der Waals surface area contributed by atoms with Crippen LogP contribution in [0.5, 0.6) is 0 Å². The summed E-state index contributed by atoms with van der Waals surface area (Å²) in [5, 5.41) is 11.7.